The molecule has 0 saturated heterocycles. The third-order valence-electron chi connectivity index (χ3n) is 4.97. The van der Waals surface area contributed by atoms with Crippen LogP contribution in [0.1, 0.15) is 30.4 Å². The van der Waals surface area contributed by atoms with Gasteiger partial charge in [0.15, 0.2) is 17.3 Å². The third kappa shape index (κ3) is 5.26. The zero-order chi connectivity index (χ0) is 21.7. The summed E-state index contributed by atoms with van der Waals surface area (Å²) in [5, 5.41) is 0. The van der Waals surface area contributed by atoms with Crippen LogP contribution in [-0.4, -0.2) is 33.6 Å². The second-order valence-electron chi connectivity index (χ2n) is 7.30. The Morgan fingerprint density at radius 2 is 1.53 bits per heavy atom. The van der Waals surface area contributed by atoms with Gasteiger partial charge in [-0.15, -0.1) is 0 Å². The Balaban J connectivity index is 1.83. The summed E-state index contributed by atoms with van der Waals surface area (Å²) in [6.07, 6.45) is 6.01. The van der Waals surface area contributed by atoms with Crippen molar-refractivity contribution in [3.05, 3.63) is 64.7 Å². The fraction of sp³-hybridized carbons (Fsp3) is 0.292. The highest BCUT2D eigenvalue weighted by atomic mass is 19.3. The number of carbonyl (C=O) groups is 1. The van der Waals surface area contributed by atoms with Crippen molar-refractivity contribution in [2.75, 3.05) is 26.1 Å². The first-order valence-corrected chi connectivity index (χ1v) is 9.73. The molecule has 0 atom stereocenters. The van der Waals surface area contributed by atoms with Gasteiger partial charge in [0.05, 0.1) is 7.11 Å². The zero-order valence-electron chi connectivity index (χ0n) is 17.3. The molecular weight excluding hydrogens is 388 g/mol. The van der Waals surface area contributed by atoms with Crippen molar-refractivity contribution >= 4 is 23.6 Å². The van der Waals surface area contributed by atoms with Crippen molar-refractivity contribution in [2.45, 2.75) is 25.9 Å². The molecule has 4 nitrogen and oxygen atoms in total. The van der Waals surface area contributed by atoms with Crippen molar-refractivity contribution in [2.24, 2.45) is 0 Å². The Kier molecular flexibility index (Phi) is 6.87. The number of anilines is 1. The average Bonchev–Trinajstić information content (AvgIpc) is 2.72. The Hall–Kier alpha value is -3.15. The number of carbonyl (C=O) groups excluding carboxylic acids is 1. The number of ketones is 1. The number of benzene rings is 2. The molecule has 0 unspecified atom stereocenters. The fourth-order valence-electron chi connectivity index (χ4n) is 3.42. The van der Waals surface area contributed by atoms with Gasteiger partial charge in [-0.3, -0.25) is 4.79 Å². The maximum Gasteiger partial charge on any atom is 0.387 e. The Bertz CT molecular complexity index is 963. The number of hydrogen-bond acceptors (Lipinski definition) is 4. The van der Waals surface area contributed by atoms with Gasteiger partial charge in [-0.2, -0.15) is 8.78 Å². The van der Waals surface area contributed by atoms with E-state index in [0.29, 0.717) is 17.6 Å². The van der Waals surface area contributed by atoms with Crippen LogP contribution in [0, 0.1) is 0 Å². The number of alkyl halides is 2. The highest BCUT2D eigenvalue weighted by Crippen LogP contribution is 2.32. The minimum absolute atomic E-state index is 0.0183. The molecule has 0 N–H and O–H groups in total. The molecule has 158 valence electrons. The van der Waals surface area contributed by atoms with E-state index in [2.05, 4.69) is 4.74 Å². The molecule has 2 aromatic rings. The van der Waals surface area contributed by atoms with Gasteiger partial charge in [-0.25, -0.2) is 0 Å². The smallest absolute Gasteiger partial charge is 0.387 e. The molecule has 0 aromatic heterocycles. The van der Waals surface area contributed by atoms with E-state index in [1.54, 1.807) is 18.2 Å². The Morgan fingerprint density at radius 3 is 2.10 bits per heavy atom. The molecule has 1 saturated carbocycles. The quantitative estimate of drug-likeness (QED) is 0.580. The molecule has 30 heavy (non-hydrogen) atoms. The minimum atomic E-state index is -2.93. The van der Waals surface area contributed by atoms with Gasteiger partial charge >= 0.3 is 6.61 Å². The fourth-order valence-corrected chi connectivity index (χ4v) is 3.42. The first-order valence-electron chi connectivity index (χ1n) is 9.73. The molecule has 6 heteroatoms. The average molecular weight is 413 g/mol. The molecule has 0 radical (unpaired) electrons. The third-order valence-corrected chi connectivity index (χ3v) is 4.97. The number of Topliss-reactive ketones (excluding diaryl/α,β-unsaturated/α-hetero) is 1. The summed E-state index contributed by atoms with van der Waals surface area (Å²) >= 11 is 0. The highest BCUT2D eigenvalue weighted by Gasteiger charge is 2.21. The zero-order valence-corrected chi connectivity index (χ0v) is 17.3. The highest BCUT2D eigenvalue weighted by molar-refractivity contribution is 6.14. The number of hydrogen-bond donors (Lipinski definition) is 0. The van der Waals surface area contributed by atoms with Crippen LogP contribution >= 0.6 is 0 Å². The number of methoxy groups -OCH3 is 1. The maximum absolute atomic E-state index is 13.0. The van der Waals surface area contributed by atoms with Crippen molar-refractivity contribution in [1.29, 1.82) is 0 Å². The van der Waals surface area contributed by atoms with Gasteiger partial charge in [0, 0.05) is 30.9 Å². The van der Waals surface area contributed by atoms with Gasteiger partial charge < -0.3 is 14.4 Å². The van der Waals surface area contributed by atoms with Crippen molar-refractivity contribution in [1.82, 2.24) is 0 Å². The normalized spacial score (nSPS) is 16.9. The van der Waals surface area contributed by atoms with Crippen LogP contribution in [0.4, 0.5) is 14.5 Å². The standard InChI is InChI=1S/C24H25F2NO3/c1-27(2)20-10-7-16(8-11-20)13-18-5-4-6-19(23(18)28)14-17-9-12-21(30-24(25)26)22(15-17)29-3/h7-15,24H,4-6H2,1-3H3/b18-13+,19-14-. The van der Waals surface area contributed by atoms with Crippen LogP contribution in [0.3, 0.4) is 0 Å². The molecule has 1 fully saturated rings. The van der Waals surface area contributed by atoms with E-state index < -0.39 is 6.61 Å². The summed E-state index contributed by atoms with van der Waals surface area (Å²) in [4.78, 5) is 15.0. The van der Waals surface area contributed by atoms with Crippen molar-refractivity contribution in [3.63, 3.8) is 0 Å². The van der Waals surface area contributed by atoms with Crippen LogP contribution < -0.4 is 14.4 Å². The first-order chi connectivity index (χ1) is 14.4. The lowest BCUT2D eigenvalue weighted by atomic mass is 9.87. The summed E-state index contributed by atoms with van der Waals surface area (Å²) < 4.78 is 34.6. The topological polar surface area (TPSA) is 38.8 Å². The van der Waals surface area contributed by atoms with Gasteiger partial charge in [0.2, 0.25) is 0 Å². The number of ether oxygens (including phenoxy) is 2. The van der Waals surface area contributed by atoms with Crippen molar-refractivity contribution in [3.8, 4) is 11.5 Å². The minimum Gasteiger partial charge on any atom is -0.493 e. The molecule has 3 rings (SSSR count). The van der Waals surface area contributed by atoms with Crippen LogP contribution in [-0.2, 0) is 4.79 Å². The summed E-state index contributed by atoms with van der Waals surface area (Å²) in [5.74, 6) is 0.181. The largest absolute Gasteiger partial charge is 0.493 e. The maximum atomic E-state index is 13.0. The van der Waals surface area contributed by atoms with E-state index in [0.717, 1.165) is 29.7 Å². The molecule has 0 aliphatic heterocycles. The molecule has 0 heterocycles. The summed E-state index contributed by atoms with van der Waals surface area (Å²) in [6.45, 7) is -2.93. The first kappa shape index (κ1) is 21.6. The predicted octanol–water partition coefficient (Wildman–Crippen LogP) is 5.58. The van der Waals surface area contributed by atoms with Gasteiger partial charge in [0.25, 0.3) is 0 Å². The second kappa shape index (κ2) is 9.57. The number of allylic oxidation sites excluding steroid dienone is 2. The van der Waals surface area contributed by atoms with E-state index >= 15 is 0 Å². The molecule has 1 aliphatic carbocycles. The lowest BCUT2D eigenvalue weighted by Gasteiger charge is -2.17. The Labute approximate surface area is 175 Å². The SMILES string of the molecule is COc1cc(/C=C2/CCC/C(=C\c3ccc(N(C)C)cc3)C2=O)ccc1OC(F)F. The van der Waals surface area contributed by atoms with Crippen LogP contribution in [0.25, 0.3) is 12.2 Å². The summed E-state index contributed by atoms with van der Waals surface area (Å²) in [6, 6.07) is 12.7. The van der Waals surface area contributed by atoms with Crippen LogP contribution in [0.5, 0.6) is 11.5 Å². The second-order valence-corrected chi connectivity index (χ2v) is 7.30. The lowest BCUT2D eigenvalue weighted by Crippen LogP contribution is -2.12. The molecule has 0 spiro atoms. The van der Waals surface area contributed by atoms with Crippen LogP contribution in [0.15, 0.2) is 53.6 Å². The number of rotatable bonds is 6. The van der Waals surface area contributed by atoms with E-state index in [1.165, 1.54) is 13.2 Å². The van der Waals surface area contributed by atoms with Crippen LogP contribution in [0.2, 0.25) is 0 Å². The summed E-state index contributed by atoms with van der Waals surface area (Å²) in [7, 11) is 5.35. The monoisotopic (exact) mass is 413 g/mol. The van der Waals surface area contributed by atoms with Gasteiger partial charge in [0.1, 0.15) is 0 Å². The number of nitrogens with zero attached hydrogens (tertiary/aromatic N) is 1. The van der Waals surface area contributed by atoms with E-state index in [9.17, 15) is 13.6 Å². The van der Waals surface area contributed by atoms with Crippen molar-refractivity contribution < 1.29 is 23.0 Å². The molecule has 0 amide bonds. The van der Waals surface area contributed by atoms with E-state index in [4.69, 9.17) is 4.74 Å². The molecular formula is C24H25F2NO3. The molecule has 0 bridgehead atoms. The van der Waals surface area contributed by atoms with E-state index in [1.807, 2.05) is 49.3 Å². The summed E-state index contributed by atoms with van der Waals surface area (Å²) in [5.41, 5.74) is 4.26. The van der Waals surface area contributed by atoms with Gasteiger partial charge in [-0.1, -0.05) is 18.2 Å². The number of halogens is 2. The molecule has 1 aliphatic rings. The lowest BCUT2D eigenvalue weighted by molar-refractivity contribution is -0.112. The Morgan fingerprint density at radius 1 is 0.933 bits per heavy atom. The van der Waals surface area contributed by atoms with Gasteiger partial charge in [-0.05, 0) is 66.8 Å². The predicted molar refractivity (Wildman–Crippen MR) is 115 cm³/mol. The van der Waals surface area contributed by atoms with E-state index in [-0.39, 0.29) is 17.3 Å². The molecule has 2 aromatic carbocycles.